The summed E-state index contributed by atoms with van der Waals surface area (Å²) in [5.41, 5.74) is 8.45. The van der Waals surface area contributed by atoms with Crippen LogP contribution in [0.4, 0.5) is 5.69 Å². The van der Waals surface area contributed by atoms with Gasteiger partial charge in [-0.25, -0.2) is 0 Å². The van der Waals surface area contributed by atoms with Crippen LogP contribution < -0.4 is 11.1 Å². The van der Waals surface area contributed by atoms with Gasteiger partial charge in [-0.3, -0.25) is 9.48 Å². The summed E-state index contributed by atoms with van der Waals surface area (Å²) in [6.07, 6.45) is 5.80. The molecule has 98 valence electrons. The van der Waals surface area contributed by atoms with E-state index in [-0.39, 0.29) is 12.5 Å². The lowest BCUT2D eigenvalue weighted by Crippen LogP contribution is -2.29. The summed E-state index contributed by atoms with van der Waals surface area (Å²) in [4.78, 5) is 11.7. The minimum absolute atomic E-state index is 0.0183. The van der Waals surface area contributed by atoms with Crippen molar-refractivity contribution in [3.8, 4) is 11.1 Å². The Bertz CT molecular complexity index is 601. The number of amides is 1. The van der Waals surface area contributed by atoms with E-state index in [2.05, 4.69) is 10.4 Å². The van der Waals surface area contributed by atoms with Crippen molar-refractivity contribution in [1.29, 1.82) is 0 Å². The Morgan fingerprint density at radius 2 is 2.26 bits per heavy atom. The van der Waals surface area contributed by atoms with Crippen molar-refractivity contribution in [3.05, 3.63) is 36.7 Å². The highest BCUT2D eigenvalue weighted by atomic mass is 16.2. The van der Waals surface area contributed by atoms with E-state index in [1.165, 1.54) is 0 Å². The van der Waals surface area contributed by atoms with Crippen molar-refractivity contribution < 1.29 is 4.79 Å². The second-order valence-corrected chi connectivity index (χ2v) is 4.89. The molecule has 1 fully saturated rings. The third-order valence-corrected chi connectivity index (χ3v) is 3.10. The summed E-state index contributed by atoms with van der Waals surface area (Å²) in [5, 5.41) is 7.15. The highest BCUT2D eigenvalue weighted by molar-refractivity contribution is 5.76. The molecule has 1 heterocycles. The third-order valence-electron chi connectivity index (χ3n) is 3.10. The summed E-state index contributed by atoms with van der Waals surface area (Å²) >= 11 is 0. The van der Waals surface area contributed by atoms with Crippen LogP contribution in [-0.2, 0) is 11.3 Å². The van der Waals surface area contributed by atoms with E-state index in [1.807, 2.05) is 30.5 Å². The van der Waals surface area contributed by atoms with Gasteiger partial charge in [-0.1, -0.05) is 12.1 Å². The molecule has 0 saturated heterocycles. The Morgan fingerprint density at radius 1 is 1.42 bits per heavy atom. The molecule has 5 nitrogen and oxygen atoms in total. The van der Waals surface area contributed by atoms with Gasteiger partial charge >= 0.3 is 0 Å². The first kappa shape index (κ1) is 11.8. The number of carbonyl (C=O) groups is 1. The fourth-order valence-corrected chi connectivity index (χ4v) is 1.97. The number of anilines is 1. The van der Waals surface area contributed by atoms with Gasteiger partial charge in [0.2, 0.25) is 5.91 Å². The first-order valence-corrected chi connectivity index (χ1v) is 6.38. The van der Waals surface area contributed by atoms with E-state index in [1.54, 1.807) is 10.9 Å². The Kier molecular flexibility index (Phi) is 2.95. The number of nitrogens with one attached hydrogen (secondary N) is 1. The Hall–Kier alpha value is -2.30. The number of carbonyl (C=O) groups excluding carboxylic acids is 1. The number of nitrogen functional groups attached to an aromatic ring is 1. The number of hydrogen-bond acceptors (Lipinski definition) is 3. The van der Waals surface area contributed by atoms with E-state index in [4.69, 9.17) is 5.73 Å². The molecule has 3 N–H and O–H groups in total. The van der Waals surface area contributed by atoms with E-state index in [0.29, 0.717) is 6.04 Å². The minimum atomic E-state index is 0.0183. The van der Waals surface area contributed by atoms with Crippen molar-refractivity contribution in [2.24, 2.45) is 0 Å². The molecule has 0 spiro atoms. The van der Waals surface area contributed by atoms with Crippen LogP contribution in [0.2, 0.25) is 0 Å². The standard InChI is InChI=1S/C14H16N4O/c15-12-3-1-2-10(6-12)11-7-16-18(8-11)9-14(19)17-13-4-5-13/h1-3,6-8,13H,4-5,9,15H2,(H,17,19). The van der Waals surface area contributed by atoms with Crippen LogP contribution in [0.3, 0.4) is 0 Å². The summed E-state index contributed by atoms with van der Waals surface area (Å²) < 4.78 is 1.65. The van der Waals surface area contributed by atoms with Crippen molar-refractivity contribution in [1.82, 2.24) is 15.1 Å². The second-order valence-electron chi connectivity index (χ2n) is 4.89. The number of rotatable bonds is 4. The first-order chi connectivity index (χ1) is 9.20. The molecule has 0 aliphatic heterocycles. The molecule has 1 saturated carbocycles. The van der Waals surface area contributed by atoms with Crippen molar-refractivity contribution in [3.63, 3.8) is 0 Å². The molecule has 1 aliphatic rings. The molecule has 2 aromatic rings. The Balaban J connectivity index is 1.70. The van der Waals surface area contributed by atoms with Gasteiger partial charge in [0, 0.05) is 23.5 Å². The normalized spacial score (nSPS) is 14.3. The minimum Gasteiger partial charge on any atom is -0.399 e. The summed E-state index contributed by atoms with van der Waals surface area (Å²) in [6, 6.07) is 8.00. The lowest BCUT2D eigenvalue weighted by Gasteiger charge is -2.02. The predicted octanol–water partition coefficient (Wildman–Crippen LogP) is 1.41. The van der Waals surface area contributed by atoms with Crippen LogP contribution in [0.5, 0.6) is 0 Å². The molecule has 3 rings (SSSR count). The maximum absolute atomic E-state index is 11.7. The number of aromatic nitrogens is 2. The topological polar surface area (TPSA) is 72.9 Å². The molecule has 0 bridgehead atoms. The Labute approximate surface area is 111 Å². The highest BCUT2D eigenvalue weighted by Crippen LogP contribution is 2.21. The van der Waals surface area contributed by atoms with Gasteiger partial charge in [-0.15, -0.1) is 0 Å². The van der Waals surface area contributed by atoms with E-state index >= 15 is 0 Å². The van der Waals surface area contributed by atoms with Crippen LogP contribution >= 0.6 is 0 Å². The number of benzene rings is 1. The molecule has 1 aromatic heterocycles. The molecule has 1 aliphatic carbocycles. The lowest BCUT2D eigenvalue weighted by atomic mass is 10.1. The predicted molar refractivity (Wildman–Crippen MR) is 73.2 cm³/mol. The summed E-state index contributed by atoms with van der Waals surface area (Å²) in [5.74, 6) is 0.0183. The quantitative estimate of drug-likeness (QED) is 0.812. The molecular weight excluding hydrogens is 240 g/mol. The molecule has 0 atom stereocenters. The van der Waals surface area contributed by atoms with Gasteiger partial charge < -0.3 is 11.1 Å². The van der Waals surface area contributed by atoms with Gasteiger partial charge in [-0.2, -0.15) is 5.10 Å². The molecule has 0 unspecified atom stereocenters. The molecule has 0 radical (unpaired) electrons. The van der Waals surface area contributed by atoms with Gasteiger partial charge in [0.25, 0.3) is 0 Å². The van der Waals surface area contributed by atoms with Gasteiger partial charge in [0.05, 0.1) is 6.20 Å². The zero-order chi connectivity index (χ0) is 13.2. The highest BCUT2D eigenvalue weighted by Gasteiger charge is 2.23. The van der Waals surface area contributed by atoms with E-state index < -0.39 is 0 Å². The first-order valence-electron chi connectivity index (χ1n) is 6.38. The summed E-state index contributed by atoms with van der Waals surface area (Å²) in [6.45, 7) is 0.263. The smallest absolute Gasteiger partial charge is 0.241 e. The number of nitrogens with two attached hydrogens (primary N) is 1. The van der Waals surface area contributed by atoms with Gasteiger partial charge in [0.1, 0.15) is 6.54 Å². The second kappa shape index (κ2) is 4.76. The van der Waals surface area contributed by atoms with Gasteiger partial charge in [-0.05, 0) is 30.5 Å². The van der Waals surface area contributed by atoms with Crippen LogP contribution in [0.1, 0.15) is 12.8 Å². The zero-order valence-corrected chi connectivity index (χ0v) is 10.5. The van der Waals surface area contributed by atoms with E-state index in [9.17, 15) is 4.79 Å². The van der Waals surface area contributed by atoms with Crippen LogP contribution in [0, 0.1) is 0 Å². The fourth-order valence-electron chi connectivity index (χ4n) is 1.97. The zero-order valence-electron chi connectivity index (χ0n) is 10.5. The van der Waals surface area contributed by atoms with Crippen molar-refractivity contribution in [2.45, 2.75) is 25.4 Å². The van der Waals surface area contributed by atoms with E-state index in [0.717, 1.165) is 29.7 Å². The molecule has 1 amide bonds. The third kappa shape index (κ3) is 2.93. The largest absolute Gasteiger partial charge is 0.399 e. The van der Waals surface area contributed by atoms with Crippen LogP contribution in [0.25, 0.3) is 11.1 Å². The molecule has 1 aromatic carbocycles. The lowest BCUT2D eigenvalue weighted by molar-refractivity contribution is -0.122. The molecular formula is C14H16N4O. The number of nitrogens with zero attached hydrogens (tertiary/aromatic N) is 2. The van der Waals surface area contributed by atoms with Crippen LogP contribution in [0.15, 0.2) is 36.7 Å². The van der Waals surface area contributed by atoms with Crippen LogP contribution in [-0.4, -0.2) is 21.7 Å². The average Bonchev–Trinajstić information content (AvgIpc) is 3.05. The molecule has 19 heavy (non-hydrogen) atoms. The van der Waals surface area contributed by atoms with Crippen molar-refractivity contribution in [2.75, 3.05) is 5.73 Å². The number of hydrogen-bond donors (Lipinski definition) is 2. The summed E-state index contributed by atoms with van der Waals surface area (Å²) in [7, 11) is 0. The maximum Gasteiger partial charge on any atom is 0.241 e. The van der Waals surface area contributed by atoms with Gasteiger partial charge in [0.15, 0.2) is 0 Å². The SMILES string of the molecule is Nc1cccc(-c2cnn(CC(=O)NC3CC3)c2)c1. The average molecular weight is 256 g/mol. The monoisotopic (exact) mass is 256 g/mol. The van der Waals surface area contributed by atoms with Crippen molar-refractivity contribution >= 4 is 11.6 Å². The Morgan fingerprint density at radius 3 is 3.00 bits per heavy atom. The molecule has 5 heteroatoms. The fraction of sp³-hybridized carbons (Fsp3) is 0.286. The maximum atomic E-state index is 11.7.